The minimum Gasteiger partial charge on any atom is -0.310 e. The van der Waals surface area contributed by atoms with Crippen molar-refractivity contribution in [1.82, 2.24) is 9.97 Å². The molecule has 1 unspecified atom stereocenters. The Kier molecular flexibility index (Phi) is 3.43. The quantitative estimate of drug-likeness (QED) is 0.517. The number of fused-ring (bicyclic) bond motifs is 3. The van der Waals surface area contributed by atoms with Gasteiger partial charge in [0.15, 0.2) is 0 Å². The van der Waals surface area contributed by atoms with Crippen molar-refractivity contribution in [2.75, 3.05) is 11.4 Å². The second-order valence-corrected chi connectivity index (χ2v) is 8.58. The number of amides is 1. The molecule has 1 atom stereocenters. The molecular weight excluding hydrogens is 350 g/mol. The monoisotopic (exact) mass is 361 g/mol. The molecule has 4 rings (SSSR count). The second kappa shape index (κ2) is 5.39. The van der Waals surface area contributed by atoms with Gasteiger partial charge in [-0.25, -0.2) is 8.42 Å². The van der Waals surface area contributed by atoms with Crippen LogP contribution in [0.25, 0.3) is 21.8 Å². The van der Waals surface area contributed by atoms with Crippen molar-refractivity contribution in [2.45, 2.75) is 11.7 Å². The maximum Gasteiger partial charge on any atom is 0.237 e. The van der Waals surface area contributed by atoms with Crippen LogP contribution in [0.5, 0.6) is 0 Å². The molecule has 1 saturated heterocycles. The highest BCUT2D eigenvalue weighted by atomic mass is 35.7. The number of benzene rings is 1. The van der Waals surface area contributed by atoms with Crippen molar-refractivity contribution in [3.8, 4) is 0 Å². The van der Waals surface area contributed by atoms with Gasteiger partial charge in [0.1, 0.15) is 5.25 Å². The topological polar surface area (TPSA) is 80.2 Å². The third kappa shape index (κ3) is 2.40. The number of anilines is 1. The summed E-state index contributed by atoms with van der Waals surface area (Å²) in [5, 5.41) is 0.691. The maximum absolute atomic E-state index is 12.4. The molecule has 0 aliphatic carbocycles. The van der Waals surface area contributed by atoms with Crippen LogP contribution >= 0.6 is 10.7 Å². The molecule has 0 N–H and O–H groups in total. The van der Waals surface area contributed by atoms with Crippen molar-refractivity contribution in [1.29, 1.82) is 0 Å². The first-order valence-electron chi connectivity index (χ1n) is 7.31. The number of carbonyl (C=O) groups excluding carboxylic acids is 1. The van der Waals surface area contributed by atoms with Gasteiger partial charge in [-0.3, -0.25) is 14.8 Å². The lowest BCUT2D eigenvalue weighted by atomic mass is 10.1. The van der Waals surface area contributed by atoms with Crippen molar-refractivity contribution >= 4 is 53.1 Å². The van der Waals surface area contributed by atoms with E-state index in [0.717, 1.165) is 16.3 Å². The van der Waals surface area contributed by atoms with Gasteiger partial charge in [-0.1, -0.05) is 6.07 Å². The average Bonchev–Trinajstić information content (AvgIpc) is 2.96. The van der Waals surface area contributed by atoms with E-state index < -0.39 is 14.3 Å². The minimum atomic E-state index is -3.79. The molecule has 8 heteroatoms. The van der Waals surface area contributed by atoms with E-state index in [1.165, 1.54) is 4.90 Å². The predicted octanol–water partition coefficient (Wildman–Crippen LogP) is 2.46. The van der Waals surface area contributed by atoms with Crippen LogP contribution in [-0.2, 0) is 13.8 Å². The number of hydrogen-bond donors (Lipinski definition) is 0. The van der Waals surface area contributed by atoms with Crippen LogP contribution in [0.3, 0.4) is 0 Å². The molecule has 1 amide bonds. The SMILES string of the molecule is O=C1CC(S(=O)(=O)Cl)CN1c1cc2cccnc2c2ncccc12. The van der Waals surface area contributed by atoms with Crippen LogP contribution in [0.4, 0.5) is 5.69 Å². The summed E-state index contributed by atoms with van der Waals surface area (Å²) < 4.78 is 23.2. The zero-order valence-electron chi connectivity index (χ0n) is 12.4. The molecule has 1 aliphatic rings. The highest BCUT2D eigenvalue weighted by Crippen LogP contribution is 2.35. The van der Waals surface area contributed by atoms with Crippen molar-refractivity contribution in [3.63, 3.8) is 0 Å². The second-order valence-electron chi connectivity index (χ2n) is 5.68. The third-order valence-electron chi connectivity index (χ3n) is 4.22. The van der Waals surface area contributed by atoms with E-state index in [0.29, 0.717) is 11.2 Å². The van der Waals surface area contributed by atoms with Gasteiger partial charge < -0.3 is 4.90 Å². The minimum absolute atomic E-state index is 0.0421. The fourth-order valence-corrected chi connectivity index (χ4v) is 4.10. The average molecular weight is 362 g/mol. The summed E-state index contributed by atoms with van der Waals surface area (Å²) in [5.41, 5.74) is 2.05. The number of aromatic nitrogens is 2. The lowest BCUT2D eigenvalue weighted by Gasteiger charge is -2.19. The zero-order valence-corrected chi connectivity index (χ0v) is 14.0. The highest BCUT2D eigenvalue weighted by Gasteiger charge is 2.38. The fraction of sp³-hybridized carbons (Fsp3) is 0.188. The van der Waals surface area contributed by atoms with Crippen LogP contribution in [-0.4, -0.2) is 36.1 Å². The van der Waals surface area contributed by atoms with E-state index in [2.05, 4.69) is 9.97 Å². The Balaban J connectivity index is 1.94. The summed E-state index contributed by atoms with van der Waals surface area (Å²) >= 11 is 0. The van der Waals surface area contributed by atoms with Crippen molar-refractivity contribution < 1.29 is 13.2 Å². The predicted molar refractivity (Wildman–Crippen MR) is 92.6 cm³/mol. The lowest BCUT2D eigenvalue weighted by Crippen LogP contribution is -2.27. The summed E-state index contributed by atoms with van der Waals surface area (Å²) in [6, 6.07) is 9.15. The zero-order chi connectivity index (χ0) is 16.9. The molecule has 24 heavy (non-hydrogen) atoms. The van der Waals surface area contributed by atoms with E-state index in [1.54, 1.807) is 24.5 Å². The molecule has 3 heterocycles. The molecule has 0 spiro atoms. The maximum atomic E-state index is 12.4. The molecule has 1 aromatic carbocycles. The molecule has 2 aromatic heterocycles. The molecule has 6 nitrogen and oxygen atoms in total. The fourth-order valence-electron chi connectivity index (χ4n) is 3.08. The van der Waals surface area contributed by atoms with Crippen LogP contribution in [0, 0.1) is 0 Å². The van der Waals surface area contributed by atoms with E-state index >= 15 is 0 Å². The first-order chi connectivity index (χ1) is 11.4. The molecule has 0 bridgehead atoms. The Hall–Kier alpha value is -2.25. The van der Waals surface area contributed by atoms with Gasteiger partial charge in [0.05, 0.1) is 16.7 Å². The van der Waals surface area contributed by atoms with Crippen molar-refractivity contribution in [3.05, 3.63) is 42.7 Å². The van der Waals surface area contributed by atoms with Crippen molar-refractivity contribution in [2.24, 2.45) is 0 Å². The summed E-state index contributed by atoms with van der Waals surface area (Å²) in [7, 11) is 1.65. The van der Waals surface area contributed by atoms with Crippen LogP contribution in [0.1, 0.15) is 6.42 Å². The van der Waals surface area contributed by atoms with Gasteiger partial charge in [0.2, 0.25) is 15.0 Å². The Morgan fingerprint density at radius 1 is 1.12 bits per heavy atom. The normalized spacial score (nSPS) is 18.6. The molecule has 3 aromatic rings. The molecule has 0 radical (unpaired) electrons. The Morgan fingerprint density at radius 2 is 1.83 bits per heavy atom. The number of halogens is 1. The highest BCUT2D eigenvalue weighted by molar-refractivity contribution is 8.14. The number of nitrogens with zero attached hydrogens (tertiary/aromatic N) is 3. The number of pyridine rings is 2. The molecule has 122 valence electrons. The Morgan fingerprint density at radius 3 is 2.54 bits per heavy atom. The number of carbonyl (C=O) groups is 1. The van der Waals surface area contributed by atoms with Gasteiger partial charge in [-0.2, -0.15) is 0 Å². The largest absolute Gasteiger partial charge is 0.310 e. The molecule has 0 saturated carbocycles. The van der Waals surface area contributed by atoms with E-state index in [-0.39, 0.29) is 18.9 Å². The summed E-state index contributed by atoms with van der Waals surface area (Å²) in [6.07, 6.45) is 3.24. The summed E-state index contributed by atoms with van der Waals surface area (Å²) in [5.74, 6) is -0.266. The van der Waals surface area contributed by atoms with Gasteiger partial charge in [-0.15, -0.1) is 0 Å². The Labute approximate surface area is 142 Å². The van der Waals surface area contributed by atoms with Gasteiger partial charge in [0.25, 0.3) is 0 Å². The molecule has 1 aliphatic heterocycles. The standard InChI is InChI=1S/C16H12ClN3O3S/c17-24(22,23)11-8-14(21)20(9-11)13-7-10-3-1-5-18-15(10)16-12(13)4-2-6-19-16/h1-7,11H,8-9H2. The first kappa shape index (κ1) is 15.3. The third-order valence-corrected chi connectivity index (χ3v) is 6.09. The van der Waals surface area contributed by atoms with Crippen LogP contribution in [0.15, 0.2) is 42.7 Å². The van der Waals surface area contributed by atoms with E-state index in [4.69, 9.17) is 10.7 Å². The smallest absolute Gasteiger partial charge is 0.237 e. The van der Waals surface area contributed by atoms with E-state index in [1.807, 2.05) is 18.2 Å². The summed E-state index contributed by atoms with van der Waals surface area (Å²) in [6.45, 7) is 0.0421. The Bertz CT molecular complexity index is 1080. The van der Waals surface area contributed by atoms with Gasteiger partial charge >= 0.3 is 0 Å². The number of rotatable bonds is 2. The molecular formula is C16H12ClN3O3S. The van der Waals surface area contributed by atoms with Crippen LogP contribution < -0.4 is 4.90 Å². The van der Waals surface area contributed by atoms with Gasteiger partial charge in [0, 0.05) is 46.8 Å². The lowest BCUT2D eigenvalue weighted by molar-refractivity contribution is -0.117. The van der Waals surface area contributed by atoms with Crippen LogP contribution in [0.2, 0.25) is 0 Å². The number of hydrogen-bond acceptors (Lipinski definition) is 5. The van der Waals surface area contributed by atoms with Gasteiger partial charge in [-0.05, 0) is 24.3 Å². The summed E-state index contributed by atoms with van der Waals surface area (Å²) in [4.78, 5) is 22.6. The first-order valence-corrected chi connectivity index (χ1v) is 9.69. The van der Waals surface area contributed by atoms with E-state index in [9.17, 15) is 13.2 Å². The molecule has 1 fully saturated rings.